The van der Waals surface area contributed by atoms with E-state index in [-0.39, 0.29) is 17.6 Å². The minimum atomic E-state index is -0.469. The standard InChI is InChI=1S/C23H33N7O2/c1-22(2,3)32-21(31)25-16-11-23(12-16)13-30(14-23)20-24-9-8-18(27-20)26-19-10-17(28-29-19)15-6-4-5-7-15/h8-10,15-16H,4-7,11-14H2,1-3H3,(H,25,31)(H2,24,26,27,28,29). The minimum absolute atomic E-state index is 0.189. The normalized spacial score (nSPS) is 20.7. The average Bonchev–Trinajstić information content (AvgIpc) is 3.33. The van der Waals surface area contributed by atoms with Crippen LogP contribution in [-0.2, 0) is 4.74 Å². The van der Waals surface area contributed by atoms with Gasteiger partial charge in [0, 0.05) is 48.4 Å². The van der Waals surface area contributed by atoms with Gasteiger partial charge in [0.1, 0.15) is 11.4 Å². The molecule has 2 saturated carbocycles. The second kappa shape index (κ2) is 7.94. The first kappa shape index (κ1) is 21.0. The quantitative estimate of drug-likeness (QED) is 0.644. The molecule has 1 aliphatic heterocycles. The van der Waals surface area contributed by atoms with Gasteiger partial charge in [-0.15, -0.1) is 0 Å². The van der Waals surface area contributed by atoms with E-state index in [2.05, 4.69) is 41.8 Å². The minimum Gasteiger partial charge on any atom is -0.444 e. The molecule has 32 heavy (non-hydrogen) atoms. The lowest BCUT2D eigenvalue weighted by Gasteiger charge is -2.58. The molecule has 9 heteroatoms. The number of carbonyl (C=O) groups excluding carboxylic acids is 1. The summed E-state index contributed by atoms with van der Waals surface area (Å²) in [6, 6.07) is 4.16. The molecule has 3 aliphatic rings. The Bertz CT molecular complexity index is 963. The van der Waals surface area contributed by atoms with Crippen LogP contribution < -0.4 is 15.5 Å². The number of ether oxygens (including phenoxy) is 1. The molecule has 0 unspecified atom stereocenters. The first-order valence-corrected chi connectivity index (χ1v) is 11.7. The smallest absolute Gasteiger partial charge is 0.407 e. The molecule has 0 radical (unpaired) electrons. The highest BCUT2D eigenvalue weighted by Gasteiger charge is 2.53. The Kier molecular flexibility index (Phi) is 5.22. The lowest BCUT2D eigenvalue weighted by Crippen LogP contribution is -2.67. The van der Waals surface area contributed by atoms with Crippen molar-refractivity contribution in [1.29, 1.82) is 0 Å². The summed E-state index contributed by atoms with van der Waals surface area (Å²) in [4.78, 5) is 23.3. The predicted molar refractivity (Wildman–Crippen MR) is 122 cm³/mol. The Morgan fingerprint density at radius 1 is 1.22 bits per heavy atom. The van der Waals surface area contributed by atoms with Gasteiger partial charge in [0.15, 0.2) is 5.82 Å². The molecule has 1 spiro atoms. The van der Waals surface area contributed by atoms with Crippen LogP contribution >= 0.6 is 0 Å². The molecule has 2 aliphatic carbocycles. The third kappa shape index (κ3) is 4.52. The van der Waals surface area contributed by atoms with E-state index in [0.29, 0.717) is 5.92 Å². The highest BCUT2D eigenvalue weighted by Crippen LogP contribution is 2.49. The fourth-order valence-electron chi connectivity index (χ4n) is 5.27. The number of hydrogen-bond acceptors (Lipinski definition) is 7. The van der Waals surface area contributed by atoms with Gasteiger partial charge in [0.25, 0.3) is 0 Å². The van der Waals surface area contributed by atoms with Gasteiger partial charge >= 0.3 is 6.09 Å². The number of nitrogens with zero attached hydrogens (tertiary/aromatic N) is 4. The van der Waals surface area contributed by atoms with Gasteiger partial charge in [-0.2, -0.15) is 10.1 Å². The van der Waals surface area contributed by atoms with Crippen molar-refractivity contribution >= 4 is 23.7 Å². The largest absolute Gasteiger partial charge is 0.444 e. The van der Waals surface area contributed by atoms with Gasteiger partial charge in [0.05, 0.1) is 0 Å². The number of amides is 1. The summed E-state index contributed by atoms with van der Waals surface area (Å²) in [5, 5.41) is 13.9. The maximum atomic E-state index is 12.0. The van der Waals surface area contributed by atoms with Crippen molar-refractivity contribution in [3.63, 3.8) is 0 Å². The number of H-pyrrole nitrogens is 1. The third-order valence-electron chi connectivity index (χ3n) is 6.71. The zero-order valence-electron chi connectivity index (χ0n) is 19.1. The highest BCUT2D eigenvalue weighted by atomic mass is 16.6. The molecule has 1 amide bonds. The van der Waals surface area contributed by atoms with E-state index >= 15 is 0 Å². The predicted octanol–water partition coefficient (Wildman–Crippen LogP) is 4.09. The first-order chi connectivity index (χ1) is 15.3. The molecule has 3 N–H and O–H groups in total. The summed E-state index contributed by atoms with van der Waals surface area (Å²) < 4.78 is 5.35. The van der Waals surface area contributed by atoms with Gasteiger partial charge in [-0.05, 0) is 52.5 Å². The summed E-state index contributed by atoms with van der Waals surface area (Å²) >= 11 is 0. The first-order valence-electron chi connectivity index (χ1n) is 11.7. The molecule has 1 saturated heterocycles. The van der Waals surface area contributed by atoms with Crippen LogP contribution in [0.3, 0.4) is 0 Å². The Labute approximate surface area is 188 Å². The zero-order chi connectivity index (χ0) is 22.3. The fraction of sp³-hybridized carbons (Fsp3) is 0.652. The molecule has 2 aromatic heterocycles. The van der Waals surface area contributed by atoms with Crippen LogP contribution in [0.15, 0.2) is 18.3 Å². The van der Waals surface area contributed by atoms with Crippen molar-refractivity contribution in [2.75, 3.05) is 23.3 Å². The maximum absolute atomic E-state index is 12.0. The molecule has 3 heterocycles. The summed E-state index contributed by atoms with van der Waals surface area (Å²) in [6.45, 7) is 7.46. The molecule has 2 aromatic rings. The molecule has 0 aromatic carbocycles. The van der Waals surface area contributed by atoms with E-state index in [1.165, 1.54) is 31.4 Å². The van der Waals surface area contributed by atoms with Crippen molar-refractivity contribution in [1.82, 2.24) is 25.5 Å². The molecule has 3 fully saturated rings. The number of anilines is 3. The van der Waals surface area contributed by atoms with Crippen molar-refractivity contribution in [2.24, 2.45) is 5.41 Å². The topological polar surface area (TPSA) is 108 Å². The number of nitrogens with one attached hydrogen (secondary N) is 3. The van der Waals surface area contributed by atoms with E-state index in [4.69, 9.17) is 4.74 Å². The van der Waals surface area contributed by atoms with E-state index in [1.807, 2.05) is 26.8 Å². The Morgan fingerprint density at radius 2 is 1.97 bits per heavy atom. The molecule has 0 bridgehead atoms. The van der Waals surface area contributed by atoms with Gasteiger partial charge in [-0.1, -0.05) is 12.8 Å². The van der Waals surface area contributed by atoms with Gasteiger partial charge < -0.3 is 20.3 Å². The molecule has 5 rings (SSSR count). The number of alkyl carbamates (subject to hydrolysis) is 1. The molecular formula is C23H33N7O2. The van der Waals surface area contributed by atoms with E-state index in [1.54, 1.807) is 6.20 Å². The fourth-order valence-corrected chi connectivity index (χ4v) is 5.27. The Morgan fingerprint density at radius 3 is 2.69 bits per heavy atom. The van der Waals surface area contributed by atoms with Gasteiger partial charge in [-0.3, -0.25) is 5.10 Å². The van der Waals surface area contributed by atoms with Crippen LogP contribution in [0, 0.1) is 5.41 Å². The third-order valence-corrected chi connectivity index (χ3v) is 6.71. The van der Waals surface area contributed by atoms with Crippen LogP contribution in [0.25, 0.3) is 0 Å². The number of aromatic amines is 1. The monoisotopic (exact) mass is 439 g/mol. The lowest BCUT2D eigenvalue weighted by atomic mass is 9.61. The summed E-state index contributed by atoms with van der Waals surface area (Å²) in [7, 11) is 0. The second-order valence-corrected chi connectivity index (χ2v) is 10.7. The number of rotatable bonds is 5. The van der Waals surface area contributed by atoms with Crippen LogP contribution in [0.4, 0.5) is 22.4 Å². The lowest BCUT2D eigenvalue weighted by molar-refractivity contribution is 0.0210. The van der Waals surface area contributed by atoms with Gasteiger partial charge in [0.2, 0.25) is 5.95 Å². The number of carbonyl (C=O) groups is 1. The van der Waals surface area contributed by atoms with Crippen LogP contribution in [0.2, 0.25) is 0 Å². The van der Waals surface area contributed by atoms with Crippen molar-refractivity contribution in [2.45, 2.75) is 76.9 Å². The average molecular weight is 440 g/mol. The number of hydrogen-bond donors (Lipinski definition) is 3. The van der Waals surface area contributed by atoms with E-state index in [0.717, 1.165) is 43.5 Å². The van der Waals surface area contributed by atoms with Crippen molar-refractivity contribution in [3.05, 3.63) is 24.0 Å². The summed E-state index contributed by atoms with van der Waals surface area (Å²) in [5.41, 5.74) is 0.997. The van der Waals surface area contributed by atoms with E-state index in [9.17, 15) is 4.79 Å². The molecular weight excluding hydrogens is 406 g/mol. The number of aromatic nitrogens is 4. The Hall–Kier alpha value is -2.84. The van der Waals surface area contributed by atoms with Crippen LogP contribution in [-0.4, -0.2) is 51.0 Å². The molecule has 0 atom stereocenters. The van der Waals surface area contributed by atoms with Gasteiger partial charge in [-0.25, -0.2) is 9.78 Å². The van der Waals surface area contributed by atoms with E-state index < -0.39 is 5.60 Å². The van der Waals surface area contributed by atoms with Crippen LogP contribution in [0.5, 0.6) is 0 Å². The molecule has 9 nitrogen and oxygen atoms in total. The Balaban J connectivity index is 1.11. The second-order valence-electron chi connectivity index (χ2n) is 10.7. The SMILES string of the molecule is CC(C)(C)OC(=O)NC1CC2(C1)CN(c1nccc(Nc3cc(C4CCCC4)[nH]n3)n1)C2. The zero-order valence-corrected chi connectivity index (χ0v) is 19.1. The summed E-state index contributed by atoms with van der Waals surface area (Å²) in [5.74, 6) is 2.88. The maximum Gasteiger partial charge on any atom is 0.407 e. The van der Waals surface area contributed by atoms with Crippen molar-refractivity contribution in [3.8, 4) is 0 Å². The molecule has 172 valence electrons. The van der Waals surface area contributed by atoms with Crippen LogP contribution in [0.1, 0.15) is 70.9 Å². The highest BCUT2D eigenvalue weighted by molar-refractivity contribution is 5.68. The summed E-state index contributed by atoms with van der Waals surface area (Å²) in [6.07, 6.45) is 8.48. The van der Waals surface area contributed by atoms with Crippen molar-refractivity contribution < 1.29 is 9.53 Å².